The van der Waals surface area contributed by atoms with Crippen molar-refractivity contribution in [2.75, 3.05) is 14.1 Å². The van der Waals surface area contributed by atoms with Crippen LogP contribution in [0.3, 0.4) is 0 Å². The molecule has 0 radical (unpaired) electrons. The van der Waals surface area contributed by atoms with Gasteiger partial charge < -0.3 is 15.0 Å². The summed E-state index contributed by atoms with van der Waals surface area (Å²) in [5.41, 5.74) is 1.99. The van der Waals surface area contributed by atoms with Crippen LogP contribution >= 0.6 is 0 Å². The quantitative estimate of drug-likeness (QED) is 0.792. The SMILES string of the molecule is CC(OCc1ccccc1)C(=O)NC(Cc1ccccc1)C(=O)N(C)C. The molecule has 0 aliphatic rings. The summed E-state index contributed by atoms with van der Waals surface area (Å²) in [6, 6.07) is 18.7. The molecule has 0 aliphatic carbocycles. The summed E-state index contributed by atoms with van der Waals surface area (Å²) in [6.45, 7) is 2.04. The van der Waals surface area contributed by atoms with E-state index in [1.165, 1.54) is 4.90 Å². The van der Waals surface area contributed by atoms with Crippen molar-refractivity contribution in [2.45, 2.75) is 32.1 Å². The smallest absolute Gasteiger partial charge is 0.249 e. The normalized spacial score (nSPS) is 12.9. The van der Waals surface area contributed by atoms with Gasteiger partial charge in [0.1, 0.15) is 12.1 Å². The van der Waals surface area contributed by atoms with Crippen LogP contribution in [-0.2, 0) is 27.4 Å². The first-order chi connectivity index (χ1) is 12.5. The van der Waals surface area contributed by atoms with E-state index in [1.54, 1.807) is 21.0 Å². The predicted octanol–water partition coefficient (Wildman–Crippen LogP) is 2.41. The fraction of sp³-hybridized carbons (Fsp3) is 0.333. The Morgan fingerprint density at radius 3 is 2.04 bits per heavy atom. The van der Waals surface area contributed by atoms with Gasteiger partial charge in [-0.05, 0) is 18.1 Å². The Morgan fingerprint density at radius 2 is 1.50 bits per heavy atom. The summed E-state index contributed by atoms with van der Waals surface area (Å²) in [5, 5.41) is 2.83. The van der Waals surface area contributed by atoms with E-state index in [0.29, 0.717) is 13.0 Å². The van der Waals surface area contributed by atoms with Gasteiger partial charge >= 0.3 is 0 Å². The Morgan fingerprint density at radius 1 is 0.962 bits per heavy atom. The number of carbonyl (C=O) groups is 2. The molecular weight excluding hydrogens is 328 g/mol. The summed E-state index contributed by atoms with van der Waals surface area (Å²) >= 11 is 0. The number of amides is 2. The Kier molecular flexibility index (Phi) is 7.36. The van der Waals surface area contributed by atoms with E-state index >= 15 is 0 Å². The lowest BCUT2D eigenvalue weighted by Gasteiger charge is -2.23. The minimum atomic E-state index is -0.650. The van der Waals surface area contributed by atoms with Crippen LogP contribution in [0.2, 0.25) is 0 Å². The molecule has 2 amide bonds. The van der Waals surface area contributed by atoms with E-state index in [9.17, 15) is 9.59 Å². The van der Waals surface area contributed by atoms with Gasteiger partial charge in [-0.25, -0.2) is 0 Å². The standard InChI is InChI=1S/C21H26N2O3/c1-16(26-15-18-12-8-5-9-13-18)20(24)22-19(21(25)23(2)3)14-17-10-6-4-7-11-17/h4-13,16,19H,14-15H2,1-3H3,(H,22,24). The van der Waals surface area contributed by atoms with Crippen molar-refractivity contribution >= 4 is 11.8 Å². The number of carbonyl (C=O) groups excluding carboxylic acids is 2. The van der Waals surface area contributed by atoms with E-state index in [4.69, 9.17) is 4.74 Å². The Balaban J connectivity index is 1.97. The third-order valence-electron chi connectivity index (χ3n) is 4.05. The first-order valence-electron chi connectivity index (χ1n) is 8.68. The highest BCUT2D eigenvalue weighted by Crippen LogP contribution is 2.07. The van der Waals surface area contributed by atoms with E-state index in [1.807, 2.05) is 60.7 Å². The molecular formula is C21H26N2O3. The van der Waals surface area contributed by atoms with Crippen LogP contribution in [0.1, 0.15) is 18.1 Å². The van der Waals surface area contributed by atoms with Gasteiger partial charge in [-0.15, -0.1) is 0 Å². The highest BCUT2D eigenvalue weighted by Gasteiger charge is 2.25. The summed E-state index contributed by atoms with van der Waals surface area (Å²) in [6.07, 6.45) is -0.210. The van der Waals surface area contributed by atoms with Gasteiger partial charge in [0, 0.05) is 20.5 Å². The molecule has 2 rings (SSSR count). The second-order valence-electron chi connectivity index (χ2n) is 6.42. The maximum absolute atomic E-state index is 12.5. The van der Waals surface area contributed by atoms with Crippen molar-refractivity contribution in [3.8, 4) is 0 Å². The number of hydrogen-bond donors (Lipinski definition) is 1. The number of nitrogens with zero attached hydrogens (tertiary/aromatic N) is 1. The van der Waals surface area contributed by atoms with Gasteiger partial charge in [-0.3, -0.25) is 9.59 Å². The van der Waals surface area contributed by atoms with Gasteiger partial charge in [0.05, 0.1) is 6.61 Å². The molecule has 5 heteroatoms. The average molecular weight is 354 g/mol. The zero-order valence-electron chi connectivity index (χ0n) is 15.5. The Labute approximate surface area is 155 Å². The summed E-state index contributed by atoms with van der Waals surface area (Å²) < 4.78 is 5.64. The second kappa shape index (κ2) is 9.73. The molecule has 5 nitrogen and oxygen atoms in total. The zero-order chi connectivity index (χ0) is 18.9. The molecule has 2 unspecified atom stereocenters. The Bertz CT molecular complexity index is 702. The van der Waals surface area contributed by atoms with Crippen LogP contribution in [0.5, 0.6) is 0 Å². The van der Waals surface area contributed by atoms with Gasteiger partial charge in [0.15, 0.2) is 0 Å². The minimum Gasteiger partial charge on any atom is -0.364 e. The number of nitrogens with one attached hydrogen (secondary N) is 1. The molecule has 1 N–H and O–H groups in total. The van der Waals surface area contributed by atoms with Crippen LogP contribution < -0.4 is 5.32 Å². The molecule has 0 aromatic heterocycles. The maximum atomic E-state index is 12.5. The molecule has 26 heavy (non-hydrogen) atoms. The fourth-order valence-corrected chi connectivity index (χ4v) is 2.52. The number of rotatable bonds is 8. The maximum Gasteiger partial charge on any atom is 0.249 e. The molecule has 0 fully saturated rings. The monoisotopic (exact) mass is 354 g/mol. The molecule has 0 saturated heterocycles. The molecule has 2 aromatic rings. The third kappa shape index (κ3) is 6.01. The van der Waals surface area contributed by atoms with E-state index < -0.39 is 12.1 Å². The molecule has 2 atom stereocenters. The van der Waals surface area contributed by atoms with Crippen molar-refractivity contribution in [1.29, 1.82) is 0 Å². The molecule has 2 aromatic carbocycles. The highest BCUT2D eigenvalue weighted by atomic mass is 16.5. The first kappa shape index (κ1) is 19.7. The van der Waals surface area contributed by atoms with E-state index in [2.05, 4.69) is 5.32 Å². The van der Waals surface area contributed by atoms with Crippen LogP contribution in [0.25, 0.3) is 0 Å². The number of benzene rings is 2. The summed E-state index contributed by atoms with van der Waals surface area (Å²) in [4.78, 5) is 26.4. The molecule has 0 aliphatic heterocycles. The topological polar surface area (TPSA) is 58.6 Å². The molecule has 0 heterocycles. The van der Waals surface area contributed by atoms with Gasteiger partial charge in [0.2, 0.25) is 11.8 Å². The van der Waals surface area contributed by atoms with Crippen molar-refractivity contribution in [2.24, 2.45) is 0 Å². The molecule has 0 saturated carbocycles. The van der Waals surface area contributed by atoms with Crippen molar-refractivity contribution in [1.82, 2.24) is 10.2 Å². The second-order valence-corrected chi connectivity index (χ2v) is 6.42. The van der Waals surface area contributed by atoms with Crippen molar-refractivity contribution in [3.63, 3.8) is 0 Å². The van der Waals surface area contributed by atoms with Crippen LogP contribution in [0.15, 0.2) is 60.7 Å². The van der Waals surface area contributed by atoms with Crippen LogP contribution in [0.4, 0.5) is 0 Å². The highest BCUT2D eigenvalue weighted by molar-refractivity contribution is 5.89. The third-order valence-corrected chi connectivity index (χ3v) is 4.05. The van der Waals surface area contributed by atoms with Crippen LogP contribution in [-0.4, -0.2) is 43.0 Å². The average Bonchev–Trinajstić information content (AvgIpc) is 2.66. The van der Waals surface area contributed by atoms with Gasteiger partial charge in [-0.1, -0.05) is 60.7 Å². The molecule has 0 bridgehead atoms. The van der Waals surface area contributed by atoms with E-state index in [-0.39, 0.29) is 11.8 Å². The van der Waals surface area contributed by atoms with Gasteiger partial charge in [-0.2, -0.15) is 0 Å². The van der Waals surface area contributed by atoms with E-state index in [0.717, 1.165) is 11.1 Å². The fourth-order valence-electron chi connectivity index (χ4n) is 2.52. The lowest BCUT2D eigenvalue weighted by molar-refractivity contribution is -0.139. The largest absolute Gasteiger partial charge is 0.364 e. The summed E-state index contributed by atoms with van der Waals surface area (Å²) in [7, 11) is 3.36. The Hall–Kier alpha value is -2.66. The molecule has 0 spiro atoms. The number of ether oxygens (including phenoxy) is 1. The first-order valence-corrected chi connectivity index (χ1v) is 8.68. The number of likely N-dealkylation sites (N-methyl/N-ethyl adjacent to an activating group) is 1. The molecule has 138 valence electrons. The minimum absolute atomic E-state index is 0.141. The van der Waals surface area contributed by atoms with Crippen molar-refractivity contribution < 1.29 is 14.3 Å². The number of hydrogen-bond acceptors (Lipinski definition) is 3. The van der Waals surface area contributed by atoms with Gasteiger partial charge in [0.25, 0.3) is 0 Å². The van der Waals surface area contributed by atoms with Crippen LogP contribution in [0, 0.1) is 0 Å². The van der Waals surface area contributed by atoms with Crippen molar-refractivity contribution in [3.05, 3.63) is 71.8 Å². The lowest BCUT2D eigenvalue weighted by atomic mass is 10.0. The lowest BCUT2D eigenvalue weighted by Crippen LogP contribution is -2.50. The summed E-state index contributed by atoms with van der Waals surface area (Å²) in [5.74, 6) is -0.436. The predicted molar refractivity (Wildman–Crippen MR) is 101 cm³/mol. The zero-order valence-corrected chi connectivity index (χ0v) is 15.5.